The number of carboxylic acid groups (broad SMARTS) is 1. The number of nitrogens with zero attached hydrogens (tertiary/aromatic N) is 3. The van der Waals surface area contributed by atoms with Crippen LogP contribution in [0.3, 0.4) is 0 Å². The zero-order valence-electron chi connectivity index (χ0n) is 18.9. The van der Waals surface area contributed by atoms with Crippen LogP contribution in [0.5, 0.6) is 5.88 Å². The number of ether oxygens (including phenoxy) is 1. The number of hydrogen-bond acceptors (Lipinski definition) is 5. The number of hydrogen-bond donors (Lipinski definition) is 3. The number of fused-ring (bicyclic) bond motifs is 1. The fourth-order valence-corrected chi connectivity index (χ4v) is 4.87. The van der Waals surface area contributed by atoms with Crippen molar-refractivity contribution in [2.75, 3.05) is 38.2 Å². The van der Waals surface area contributed by atoms with E-state index in [4.69, 9.17) is 9.84 Å². The van der Waals surface area contributed by atoms with Gasteiger partial charge in [-0.3, -0.25) is 9.69 Å². The summed E-state index contributed by atoms with van der Waals surface area (Å²) in [6, 6.07) is 3.66. The standard InChI is InChI=1S/C22H34N4O5/c1-22(2,3)26(11-9-16(10-12-26)23-21(29)30)14-17(27)13-25-19(28)8-6-15-5-7-18(31-4)24-20(15)25/h5,7,16-17,23,27H,6,8-14H2,1-4H3/p+1. The minimum absolute atomic E-state index is 0.0426. The van der Waals surface area contributed by atoms with E-state index in [2.05, 4.69) is 31.1 Å². The summed E-state index contributed by atoms with van der Waals surface area (Å²) in [7, 11) is 1.54. The number of nitrogens with one attached hydrogen (secondary N) is 1. The Kier molecular flexibility index (Phi) is 6.76. The zero-order chi connectivity index (χ0) is 22.8. The summed E-state index contributed by atoms with van der Waals surface area (Å²) in [5.41, 5.74) is 0.855. The summed E-state index contributed by atoms with van der Waals surface area (Å²) < 4.78 is 5.90. The highest BCUT2D eigenvalue weighted by atomic mass is 16.5. The Bertz CT molecular complexity index is 815. The number of likely N-dealkylation sites (tertiary alicyclic amines) is 1. The molecule has 1 unspecified atom stereocenters. The Balaban J connectivity index is 1.74. The molecular formula is C22H35N4O5+. The molecule has 2 amide bonds. The largest absolute Gasteiger partial charge is 0.481 e. The van der Waals surface area contributed by atoms with Gasteiger partial charge in [-0.05, 0) is 38.8 Å². The lowest BCUT2D eigenvalue weighted by molar-refractivity contribution is -0.977. The van der Waals surface area contributed by atoms with Crippen LogP contribution in [-0.2, 0) is 11.2 Å². The van der Waals surface area contributed by atoms with E-state index < -0.39 is 12.2 Å². The van der Waals surface area contributed by atoms with E-state index in [-0.39, 0.29) is 24.0 Å². The number of pyridine rings is 1. The summed E-state index contributed by atoms with van der Waals surface area (Å²) in [4.78, 5) is 29.7. The van der Waals surface area contributed by atoms with Gasteiger partial charge in [-0.1, -0.05) is 0 Å². The second-order valence-electron chi connectivity index (χ2n) is 9.66. The molecule has 3 N–H and O–H groups in total. The summed E-state index contributed by atoms with van der Waals surface area (Å²) >= 11 is 0. The summed E-state index contributed by atoms with van der Waals surface area (Å²) in [5, 5.41) is 22.7. The maximum absolute atomic E-state index is 12.7. The molecule has 3 rings (SSSR count). The molecule has 0 radical (unpaired) electrons. The first kappa shape index (κ1) is 23.3. The summed E-state index contributed by atoms with van der Waals surface area (Å²) in [6.45, 7) is 8.66. The number of methoxy groups -OCH3 is 1. The van der Waals surface area contributed by atoms with Gasteiger partial charge in [-0.2, -0.15) is 4.98 Å². The maximum Gasteiger partial charge on any atom is 0.404 e. The molecule has 1 atom stereocenters. The molecule has 31 heavy (non-hydrogen) atoms. The Labute approximate surface area is 183 Å². The number of amides is 2. The van der Waals surface area contributed by atoms with Crippen LogP contribution in [0, 0.1) is 0 Å². The van der Waals surface area contributed by atoms with Crippen molar-refractivity contribution in [3.63, 3.8) is 0 Å². The molecular weight excluding hydrogens is 400 g/mol. The van der Waals surface area contributed by atoms with E-state index in [1.165, 1.54) is 0 Å². The minimum Gasteiger partial charge on any atom is -0.481 e. The SMILES string of the molecule is COc1ccc2c(n1)N(CC(O)C[N+]1(C(C)(C)C)CCC(NC(=O)O)CC1)C(=O)CC2. The monoisotopic (exact) mass is 435 g/mol. The molecule has 2 aliphatic rings. The van der Waals surface area contributed by atoms with Crippen LogP contribution in [0.1, 0.15) is 45.6 Å². The van der Waals surface area contributed by atoms with E-state index >= 15 is 0 Å². The lowest BCUT2D eigenvalue weighted by Crippen LogP contribution is -2.67. The van der Waals surface area contributed by atoms with E-state index in [1.807, 2.05) is 6.07 Å². The van der Waals surface area contributed by atoms with Crippen molar-refractivity contribution in [3.05, 3.63) is 17.7 Å². The Hall–Kier alpha value is -2.39. The third kappa shape index (κ3) is 5.10. The molecule has 0 aliphatic carbocycles. The first-order valence-corrected chi connectivity index (χ1v) is 10.9. The molecule has 3 heterocycles. The van der Waals surface area contributed by atoms with E-state index in [0.29, 0.717) is 35.6 Å². The average molecular weight is 436 g/mol. The van der Waals surface area contributed by atoms with Gasteiger partial charge >= 0.3 is 6.09 Å². The highest BCUT2D eigenvalue weighted by molar-refractivity contribution is 5.95. The number of quaternary nitrogens is 1. The number of aliphatic hydroxyl groups excluding tert-OH is 1. The number of aryl methyl sites for hydroxylation is 1. The molecule has 1 aromatic rings. The molecule has 0 bridgehead atoms. The van der Waals surface area contributed by atoms with Crippen molar-refractivity contribution in [2.24, 2.45) is 0 Å². The van der Waals surface area contributed by atoms with Gasteiger partial charge < -0.3 is 24.7 Å². The number of β-amino-alcohol motifs (C(OH)–C–C–N with tert-alkyl or cyclic N) is 1. The van der Waals surface area contributed by atoms with Gasteiger partial charge in [-0.15, -0.1) is 0 Å². The normalized spacial score (nSPS) is 25.0. The number of anilines is 1. The van der Waals surface area contributed by atoms with Gasteiger partial charge in [0.1, 0.15) is 18.5 Å². The van der Waals surface area contributed by atoms with Crippen LogP contribution in [0.15, 0.2) is 12.1 Å². The molecule has 0 spiro atoms. The predicted octanol–water partition coefficient (Wildman–Crippen LogP) is 1.78. The first-order chi connectivity index (χ1) is 14.5. The van der Waals surface area contributed by atoms with Crippen molar-refractivity contribution in [2.45, 2.75) is 64.1 Å². The van der Waals surface area contributed by atoms with Crippen LogP contribution in [0.2, 0.25) is 0 Å². The van der Waals surface area contributed by atoms with E-state index in [1.54, 1.807) is 18.1 Å². The van der Waals surface area contributed by atoms with Crippen molar-refractivity contribution >= 4 is 17.8 Å². The quantitative estimate of drug-likeness (QED) is 0.587. The fourth-order valence-electron chi connectivity index (χ4n) is 4.87. The van der Waals surface area contributed by atoms with Crippen LogP contribution in [0.4, 0.5) is 10.6 Å². The lowest BCUT2D eigenvalue weighted by atomic mass is 9.92. The molecule has 0 aromatic carbocycles. The van der Waals surface area contributed by atoms with Crippen LogP contribution in [-0.4, -0.2) is 82.7 Å². The number of piperidine rings is 1. The fraction of sp³-hybridized carbons (Fsp3) is 0.682. The molecule has 1 saturated heterocycles. The Morgan fingerprint density at radius 2 is 2.00 bits per heavy atom. The zero-order valence-corrected chi connectivity index (χ0v) is 18.9. The lowest BCUT2D eigenvalue weighted by Gasteiger charge is -2.53. The highest BCUT2D eigenvalue weighted by Crippen LogP contribution is 2.32. The molecule has 0 saturated carbocycles. The van der Waals surface area contributed by atoms with Crippen LogP contribution < -0.4 is 15.0 Å². The summed E-state index contributed by atoms with van der Waals surface area (Å²) in [6.07, 6.45) is 0.756. The van der Waals surface area contributed by atoms with Crippen LogP contribution in [0.25, 0.3) is 0 Å². The average Bonchev–Trinajstić information content (AvgIpc) is 2.70. The number of carbonyl (C=O) groups is 2. The third-order valence-corrected chi connectivity index (χ3v) is 6.82. The van der Waals surface area contributed by atoms with Gasteiger partial charge in [0.05, 0.1) is 32.3 Å². The molecule has 172 valence electrons. The number of aromatic nitrogens is 1. The number of rotatable bonds is 6. The smallest absolute Gasteiger partial charge is 0.404 e. The van der Waals surface area contributed by atoms with Crippen molar-refractivity contribution < 1.29 is 29.0 Å². The van der Waals surface area contributed by atoms with Crippen molar-refractivity contribution in [1.29, 1.82) is 0 Å². The van der Waals surface area contributed by atoms with E-state index in [9.17, 15) is 14.7 Å². The van der Waals surface area contributed by atoms with Gasteiger partial charge in [-0.25, -0.2) is 4.79 Å². The van der Waals surface area contributed by atoms with Crippen molar-refractivity contribution in [3.8, 4) is 5.88 Å². The van der Waals surface area contributed by atoms with Crippen molar-refractivity contribution in [1.82, 2.24) is 10.3 Å². The Morgan fingerprint density at radius 1 is 1.32 bits per heavy atom. The van der Waals surface area contributed by atoms with Gasteiger partial charge in [0.15, 0.2) is 0 Å². The molecule has 9 nitrogen and oxygen atoms in total. The van der Waals surface area contributed by atoms with Gasteiger partial charge in [0.25, 0.3) is 0 Å². The number of aliphatic hydroxyl groups is 1. The van der Waals surface area contributed by atoms with Gasteiger partial charge in [0, 0.05) is 31.4 Å². The highest BCUT2D eigenvalue weighted by Gasteiger charge is 2.45. The second-order valence-corrected chi connectivity index (χ2v) is 9.66. The molecule has 2 aliphatic heterocycles. The third-order valence-electron chi connectivity index (χ3n) is 6.82. The summed E-state index contributed by atoms with van der Waals surface area (Å²) in [5.74, 6) is 0.972. The minimum atomic E-state index is -0.994. The molecule has 9 heteroatoms. The number of carbonyl (C=O) groups excluding carboxylic acids is 1. The van der Waals surface area contributed by atoms with E-state index in [0.717, 1.165) is 31.5 Å². The molecule has 1 aromatic heterocycles. The molecule has 1 fully saturated rings. The topological polar surface area (TPSA) is 112 Å². The second kappa shape index (κ2) is 9.00. The Morgan fingerprint density at radius 3 is 2.58 bits per heavy atom. The van der Waals surface area contributed by atoms with Gasteiger partial charge in [0.2, 0.25) is 11.8 Å². The van der Waals surface area contributed by atoms with Crippen LogP contribution >= 0.6 is 0 Å². The predicted molar refractivity (Wildman–Crippen MR) is 116 cm³/mol. The first-order valence-electron chi connectivity index (χ1n) is 10.9. The maximum atomic E-state index is 12.7.